The number of nitrogens with one attached hydrogen (secondary N) is 2. The van der Waals surface area contributed by atoms with Crippen molar-refractivity contribution in [3.63, 3.8) is 0 Å². The lowest BCUT2D eigenvalue weighted by atomic mass is 9.90. The van der Waals surface area contributed by atoms with Gasteiger partial charge >= 0.3 is 0 Å². The van der Waals surface area contributed by atoms with E-state index in [0.29, 0.717) is 5.56 Å². The smallest absolute Gasteiger partial charge is 0.260 e. The van der Waals surface area contributed by atoms with Crippen LogP contribution in [0.1, 0.15) is 49.0 Å². The predicted molar refractivity (Wildman–Crippen MR) is 92.5 cm³/mol. The molecule has 0 saturated heterocycles. The number of hydrogen-bond donors (Lipinski definition) is 3. The minimum atomic E-state index is -0.332. The normalized spacial score (nSPS) is 18.4. The minimum Gasteiger partial charge on any atom is -0.494 e. The number of hydrogen-bond acceptors (Lipinski definition) is 4. The summed E-state index contributed by atoms with van der Waals surface area (Å²) in [6, 6.07) is 7.70. The summed E-state index contributed by atoms with van der Waals surface area (Å²) in [6.45, 7) is 4.75. The van der Waals surface area contributed by atoms with E-state index in [4.69, 9.17) is 12.2 Å². The van der Waals surface area contributed by atoms with Crippen LogP contribution in [0.25, 0.3) is 0 Å². The van der Waals surface area contributed by atoms with Crippen LogP contribution >= 0.6 is 12.2 Å². The van der Waals surface area contributed by atoms with Gasteiger partial charge < -0.3 is 10.4 Å². The van der Waals surface area contributed by atoms with E-state index in [2.05, 4.69) is 16.4 Å². The molecule has 3 N–H and O–H groups in total. The molecule has 2 atom stereocenters. The van der Waals surface area contributed by atoms with Gasteiger partial charge in [-0.3, -0.25) is 14.3 Å². The monoisotopic (exact) mass is 331 g/mol. The second kappa shape index (κ2) is 6.29. The van der Waals surface area contributed by atoms with Crippen molar-refractivity contribution in [1.82, 2.24) is 14.9 Å². The van der Waals surface area contributed by atoms with Crippen LogP contribution in [0.2, 0.25) is 0 Å². The molecule has 6 heteroatoms. The standard InChI is InChI=1S/C17H21N3O2S/c1-3-10(2)20-16(22)13(15(21)19-17(20)23)14-12-7-5-4-6-11(12)8-9-18-14/h4-7,10,14,18,22H,3,8-9H2,1-2H3,(H,19,21,23). The van der Waals surface area contributed by atoms with Gasteiger partial charge in [0.15, 0.2) is 4.77 Å². The molecule has 1 aromatic carbocycles. The lowest BCUT2D eigenvalue weighted by Crippen LogP contribution is -2.35. The average Bonchev–Trinajstić information content (AvgIpc) is 2.54. The molecular formula is C17H21N3O2S. The second-order valence-corrected chi connectivity index (χ2v) is 6.35. The van der Waals surface area contributed by atoms with E-state index in [1.54, 1.807) is 4.57 Å². The van der Waals surface area contributed by atoms with E-state index >= 15 is 0 Å². The van der Waals surface area contributed by atoms with Gasteiger partial charge in [0.25, 0.3) is 5.56 Å². The van der Waals surface area contributed by atoms with Crippen LogP contribution in [0.3, 0.4) is 0 Å². The summed E-state index contributed by atoms with van der Waals surface area (Å²) in [6.07, 6.45) is 1.72. The molecule has 3 rings (SSSR count). The predicted octanol–water partition coefficient (Wildman–Crippen LogP) is 2.82. The molecule has 0 aliphatic carbocycles. The third-order valence-electron chi connectivity index (χ3n) is 4.58. The van der Waals surface area contributed by atoms with Crippen LogP contribution in [0.15, 0.2) is 29.1 Å². The molecule has 5 nitrogen and oxygen atoms in total. The van der Waals surface area contributed by atoms with Gasteiger partial charge in [0, 0.05) is 12.6 Å². The largest absolute Gasteiger partial charge is 0.494 e. The molecule has 1 aromatic heterocycles. The number of aromatic amines is 1. The van der Waals surface area contributed by atoms with Crippen molar-refractivity contribution in [1.29, 1.82) is 0 Å². The fourth-order valence-corrected chi connectivity index (χ4v) is 3.53. The first-order valence-corrected chi connectivity index (χ1v) is 8.34. The summed E-state index contributed by atoms with van der Waals surface area (Å²) in [5, 5.41) is 14.1. The molecule has 2 heterocycles. The summed E-state index contributed by atoms with van der Waals surface area (Å²) >= 11 is 5.24. The van der Waals surface area contributed by atoms with Crippen LogP contribution in [0.4, 0.5) is 0 Å². The number of benzene rings is 1. The quantitative estimate of drug-likeness (QED) is 0.757. The van der Waals surface area contributed by atoms with Crippen LogP contribution in [-0.2, 0) is 6.42 Å². The molecule has 122 valence electrons. The third-order valence-corrected chi connectivity index (χ3v) is 4.88. The fraction of sp³-hybridized carbons (Fsp3) is 0.412. The highest BCUT2D eigenvalue weighted by Gasteiger charge is 2.28. The molecule has 23 heavy (non-hydrogen) atoms. The summed E-state index contributed by atoms with van der Waals surface area (Å²) in [4.78, 5) is 15.2. The van der Waals surface area contributed by atoms with Gasteiger partial charge in [0.05, 0.1) is 11.6 Å². The molecule has 0 fully saturated rings. The first-order valence-electron chi connectivity index (χ1n) is 7.93. The topological polar surface area (TPSA) is 70.0 Å². The fourth-order valence-electron chi connectivity index (χ4n) is 3.17. The first kappa shape index (κ1) is 16.0. The molecule has 2 aromatic rings. The van der Waals surface area contributed by atoms with Crippen molar-refractivity contribution < 1.29 is 5.11 Å². The van der Waals surface area contributed by atoms with E-state index in [9.17, 15) is 9.90 Å². The SMILES string of the molecule is CCC(C)n1c(O)c(C2NCCc3ccccc32)c(=O)[nH]c1=S. The highest BCUT2D eigenvalue weighted by atomic mass is 32.1. The Morgan fingerprint density at radius 3 is 2.91 bits per heavy atom. The maximum Gasteiger partial charge on any atom is 0.260 e. The molecular weight excluding hydrogens is 310 g/mol. The van der Waals surface area contributed by atoms with Crippen molar-refractivity contribution in [2.45, 2.75) is 38.8 Å². The summed E-state index contributed by atoms with van der Waals surface area (Å²) in [5.74, 6) is -0.0395. The van der Waals surface area contributed by atoms with Crippen LogP contribution in [0.5, 0.6) is 5.88 Å². The zero-order valence-electron chi connectivity index (χ0n) is 13.3. The zero-order chi connectivity index (χ0) is 16.6. The van der Waals surface area contributed by atoms with E-state index in [0.717, 1.165) is 24.9 Å². The first-order chi connectivity index (χ1) is 11.0. The molecule has 0 saturated carbocycles. The van der Waals surface area contributed by atoms with Gasteiger partial charge in [-0.25, -0.2) is 0 Å². The van der Waals surface area contributed by atoms with E-state index in [1.807, 2.05) is 32.0 Å². The van der Waals surface area contributed by atoms with E-state index in [1.165, 1.54) is 5.56 Å². The maximum atomic E-state index is 12.5. The van der Waals surface area contributed by atoms with Crippen LogP contribution < -0.4 is 10.9 Å². The third kappa shape index (κ3) is 2.72. The van der Waals surface area contributed by atoms with Gasteiger partial charge in [0.2, 0.25) is 5.88 Å². The molecule has 1 aliphatic rings. The lowest BCUT2D eigenvalue weighted by Gasteiger charge is -2.28. The number of rotatable bonds is 3. The molecule has 2 unspecified atom stereocenters. The van der Waals surface area contributed by atoms with Gasteiger partial charge in [-0.15, -0.1) is 0 Å². The Balaban J connectivity index is 2.22. The van der Waals surface area contributed by atoms with E-state index in [-0.39, 0.29) is 28.3 Å². The van der Waals surface area contributed by atoms with Gasteiger partial charge in [-0.2, -0.15) is 0 Å². The van der Waals surface area contributed by atoms with Gasteiger partial charge in [-0.05, 0) is 43.1 Å². The minimum absolute atomic E-state index is 0.0111. The molecule has 0 spiro atoms. The second-order valence-electron chi connectivity index (χ2n) is 5.96. The summed E-state index contributed by atoms with van der Waals surface area (Å²) in [5.41, 5.74) is 2.24. The molecule has 0 amide bonds. The molecule has 1 aliphatic heterocycles. The molecule has 0 radical (unpaired) electrons. The Bertz CT molecular complexity index is 840. The number of aromatic hydroxyl groups is 1. The number of aromatic nitrogens is 2. The van der Waals surface area contributed by atoms with Crippen molar-refractivity contribution in [2.24, 2.45) is 0 Å². The Morgan fingerprint density at radius 1 is 1.43 bits per heavy atom. The van der Waals surface area contributed by atoms with Gasteiger partial charge in [-0.1, -0.05) is 31.2 Å². The number of nitrogens with zero attached hydrogens (tertiary/aromatic N) is 1. The summed E-state index contributed by atoms with van der Waals surface area (Å²) in [7, 11) is 0. The number of H-pyrrole nitrogens is 1. The van der Waals surface area contributed by atoms with Crippen molar-refractivity contribution in [2.75, 3.05) is 6.54 Å². The van der Waals surface area contributed by atoms with Gasteiger partial charge in [0.1, 0.15) is 0 Å². The Kier molecular flexibility index (Phi) is 4.37. The van der Waals surface area contributed by atoms with E-state index < -0.39 is 0 Å². The Morgan fingerprint density at radius 2 is 2.17 bits per heavy atom. The average molecular weight is 331 g/mol. The molecule has 0 bridgehead atoms. The Labute approximate surface area is 140 Å². The van der Waals surface area contributed by atoms with Crippen LogP contribution in [0, 0.1) is 4.77 Å². The summed E-state index contributed by atoms with van der Waals surface area (Å²) < 4.78 is 1.89. The van der Waals surface area contributed by atoms with Crippen molar-refractivity contribution in [3.05, 3.63) is 56.1 Å². The maximum absolute atomic E-state index is 12.5. The van der Waals surface area contributed by atoms with Crippen LogP contribution in [-0.4, -0.2) is 21.2 Å². The van der Waals surface area contributed by atoms with Crippen molar-refractivity contribution in [3.8, 4) is 5.88 Å². The highest BCUT2D eigenvalue weighted by molar-refractivity contribution is 7.71. The highest BCUT2D eigenvalue weighted by Crippen LogP contribution is 2.32. The Hall–Kier alpha value is -1.92. The lowest BCUT2D eigenvalue weighted by molar-refractivity contribution is 0.358. The zero-order valence-corrected chi connectivity index (χ0v) is 14.1. The number of fused-ring (bicyclic) bond motifs is 1. The van der Waals surface area contributed by atoms with Crippen molar-refractivity contribution >= 4 is 12.2 Å².